The molecular formula is C14H18IN3O2S2. The second kappa shape index (κ2) is 7.33. The Labute approximate surface area is 153 Å². The topological polar surface area (TPSA) is 50.3 Å². The van der Waals surface area contributed by atoms with Gasteiger partial charge in [-0.2, -0.15) is 15.1 Å². The lowest BCUT2D eigenvalue weighted by atomic mass is 10.3. The number of thiazole rings is 1. The smallest absolute Gasteiger partial charge is 0.271 e. The van der Waals surface area contributed by atoms with E-state index in [-0.39, 0.29) is 34.6 Å². The average molecular weight is 451 g/mol. The second-order valence-electron chi connectivity index (χ2n) is 5.11. The Bertz CT molecular complexity index is 745. The Balaban J connectivity index is 0.00000176. The zero-order valence-corrected chi connectivity index (χ0v) is 16.3. The summed E-state index contributed by atoms with van der Waals surface area (Å²) in [6.45, 7) is 4.49. The Morgan fingerprint density at radius 1 is 1.55 bits per heavy atom. The van der Waals surface area contributed by atoms with Crippen LogP contribution in [0.3, 0.4) is 0 Å². The first-order valence-electron chi connectivity index (χ1n) is 6.89. The van der Waals surface area contributed by atoms with E-state index in [4.69, 9.17) is 0 Å². The third-order valence-electron chi connectivity index (χ3n) is 3.79. The van der Waals surface area contributed by atoms with Crippen LogP contribution in [0, 0.1) is 10.1 Å². The minimum Gasteiger partial charge on any atom is -1.00 e. The van der Waals surface area contributed by atoms with Crippen molar-refractivity contribution in [2.24, 2.45) is 7.05 Å². The van der Waals surface area contributed by atoms with Crippen molar-refractivity contribution in [1.29, 1.82) is 0 Å². The molecule has 1 aromatic heterocycles. The Morgan fingerprint density at radius 2 is 2.32 bits per heavy atom. The first-order chi connectivity index (χ1) is 10.1. The van der Waals surface area contributed by atoms with Gasteiger partial charge in [-0.15, -0.1) is 0 Å². The van der Waals surface area contributed by atoms with Crippen molar-refractivity contribution < 1.29 is 33.5 Å². The largest absolute Gasteiger partial charge is 1.00 e. The summed E-state index contributed by atoms with van der Waals surface area (Å²) in [5.41, 5.74) is 1.23. The molecule has 0 spiro atoms. The predicted octanol–water partition coefficient (Wildman–Crippen LogP) is -0.650. The lowest BCUT2D eigenvalue weighted by Crippen LogP contribution is -3.00. The molecule has 3 rings (SSSR count). The summed E-state index contributed by atoms with van der Waals surface area (Å²) < 4.78 is 3.12. The van der Waals surface area contributed by atoms with Gasteiger partial charge in [0, 0.05) is 41.7 Å². The molecule has 0 N–H and O–H groups in total. The van der Waals surface area contributed by atoms with Crippen LogP contribution < -0.4 is 28.5 Å². The van der Waals surface area contributed by atoms with Crippen LogP contribution in [0.1, 0.15) is 11.9 Å². The number of hydrogen-bond donors (Lipinski definition) is 0. The van der Waals surface area contributed by atoms with Crippen LogP contribution in [0.2, 0.25) is 0 Å². The van der Waals surface area contributed by atoms with E-state index in [1.54, 1.807) is 23.5 Å². The molecule has 0 bridgehead atoms. The molecule has 1 unspecified atom stereocenters. The Morgan fingerprint density at radius 3 is 2.95 bits per heavy atom. The van der Waals surface area contributed by atoms with Crippen LogP contribution in [0.15, 0.2) is 18.2 Å². The number of aryl methyl sites for hydroxylation is 1. The number of non-ortho nitro benzene ring substituents is 1. The quantitative estimate of drug-likeness (QED) is 0.205. The summed E-state index contributed by atoms with van der Waals surface area (Å²) in [6, 6.07) is 5.10. The highest BCUT2D eigenvalue weighted by atomic mass is 127. The SMILES string of the molecule is CCN1CC/S(=C\c2sc3cc([N+](=O)[O-])ccc3[n+]2C)C1.[I-]. The molecule has 0 radical (unpaired) electrons. The van der Waals surface area contributed by atoms with Crippen LogP contribution in [0.25, 0.3) is 10.2 Å². The summed E-state index contributed by atoms with van der Waals surface area (Å²) in [4.78, 5) is 13.0. The summed E-state index contributed by atoms with van der Waals surface area (Å²) in [7, 11) is 2.33. The standard InChI is InChI=1S/C14H18N3O2S2.HI/c1-3-16-6-7-21(10-16)9-14-15(2)12-5-4-11(17(18)19)8-13(12)20-14;/h4-5,8-9H,3,6-7,10H2,1-2H3;1H/q+1;/p-1. The van der Waals surface area contributed by atoms with Crippen molar-refractivity contribution in [3.63, 3.8) is 0 Å². The second-order valence-corrected chi connectivity index (χ2v) is 8.15. The van der Waals surface area contributed by atoms with Crippen LogP contribution in [0.4, 0.5) is 5.69 Å². The van der Waals surface area contributed by atoms with Crippen molar-refractivity contribution in [1.82, 2.24) is 4.90 Å². The molecule has 1 aliphatic heterocycles. The van der Waals surface area contributed by atoms with Gasteiger partial charge in [-0.05, 0) is 6.54 Å². The van der Waals surface area contributed by atoms with Crippen molar-refractivity contribution >= 4 is 43.1 Å². The van der Waals surface area contributed by atoms with Gasteiger partial charge in [0.15, 0.2) is 0 Å². The molecule has 2 aromatic rings. The van der Waals surface area contributed by atoms with Crippen LogP contribution in [0.5, 0.6) is 0 Å². The summed E-state index contributed by atoms with van der Waals surface area (Å²) in [5, 5.41) is 14.4. The van der Waals surface area contributed by atoms with Gasteiger partial charge < -0.3 is 24.0 Å². The van der Waals surface area contributed by atoms with Gasteiger partial charge >= 0.3 is 0 Å². The summed E-state index contributed by atoms with van der Waals surface area (Å²) >= 11 is 1.64. The molecule has 22 heavy (non-hydrogen) atoms. The monoisotopic (exact) mass is 451 g/mol. The number of rotatable bonds is 3. The zero-order valence-electron chi connectivity index (χ0n) is 12.5. The maximum atomic E-state index is 10.9. The summed E-state index contributed by atoms with van der Waals surface area (Å²) in [6.07, 6.45) is 0. The molecule has 2 heterocycles. The maximum absolute atomic E-state index is 10.9. The van der Waals surface area contributed by atoms with E-state index >= 15 is 0 Å². The summed E-state index contributed by atoms with van der Waals surface area (Å²) in [5.74, 6) is 2.37. The van der Waals surface area contributed by atoms with E-state index in [1.165, 1.54) is 17.3 Å². The molecular weight excluding hydrogens is 433 g/mol. The third kappa shape index (κ3) is 3.50. The van der Waals surface area contributed by atoms with Gasteiger partial charge in [-0.1, -0.05) is 18.3 Å². The number of nitro groups is 1. The van der Waals surface area contributed by atoms with Gasteiger partial charge in [0.1, 0.15) is 11.7 Å². The van der Waals surface area contributed by atoms with E-state index in [9.17, 15) is 10.1 Å². The van der Waals surface area contributed by atoms with Gasteiger partial charge in [0.05, 0.1) is 4.92 Å². The van der Waals surface area contributed by atoms with Crippen molar-refractivity contribution in [3.8, 4) is 0 Å². The maximum Gasteiger partial charge on any atom is 0.271 e. The zero-order chi connectivity index (χ0) is 15.0. The number of benzene rings is 1. The molecule has 120 valence electrons. The highest BCUT2D eigenvalue weighted by Gasteiger charge is 2.20. The molecule has 1 fully saturated rings. The lowest BCUT2D eigenvalue weighted by molar-refractivity contribution is -0.641. The Hall–Kier alpha value is -0.580. The van der Waals surface area contributed by atoms with Gasteiger partial charge in [-0.3, -0.25) is 15.0 Å². The number of nitro benzene ring substituents is 1. The number of fused-ring (bicyclic) bond motifs is 1. The first-order valence-corrected chi connectivity index (χ1v) is 9.33. The molecule has 1 atom stereocenters. The lowest BCUT2D eigenvalue weighted by Gasteiger charge is -2.08. The molecule has 1 saturated heterocycles. The highest BCUT2D eigenvalue weighted by molar-refractivity contribution is 8.15. The molecule has 0 saturated carbocycles. The fraction of sp³-hybridized carbons (Fsp3) is 0.429. The molecule has 1 aliphatic rings. The van der Waals surface area contributed by atoms with E-state index < -0.39 is 0 Å². The number of hydrogen-bond acceptors (Lipinski definition) is 4. The minimum absolute atomic E-state index is 0. The van der Waals surface area contributed by atoms with Crippen molar-refractivity contribution in [2.45, 2.75) is 6.92 Å². The third-order valence-corrected chi connectivity index (χ3v) is 7.05. The average Bonchev–Trinajstić information content (AvgIpc) is 3.04. The molecule has 0 aliphatic carbocycles. The van der Waals surface area contributed by atoms with Crippen LogP contribution in [-0.2, 0) is 7.05 Å². The number of nitrogens with zero attached hydrogens (tertiary/aromatic N) is 3. The minimum atomic E-state index is -0.333. The van der Waals surface area contributed by atoms with Crippen molar-refractivity contribution in [2.75, 3.05) is 24.7 Å². The normalized spacial score (nSPS) is 18.7. The molecule has 1 aromatic carbocycles. The number of halogens is 1. The van der Waals surface area contributed by atoms with E-state index in [1.807, 2.05) is 13.1 Å². The fourth-order valence-corrected chi connectivity index (χ4v) is 6.06. The fourth-order valence-electron chi connectivity index (χ4n) is 2.48. The van der Waals surface area contributed by atoms with E-state index in [0.717, 1.165) is 22.6 Å². The molecule has 5 nitrogen and oxygen atoms in total. The van der Waals surface area contributed by atoms with Gasteiger partial charge in [-0.25, -0.2) is 0 Å². The van der Waals surface area contributed by atoms with E-state index in [2.05, 4.69) is 21.8 Å². The van der Waals surface area contributed by atoms with Crippen LogP contribution >= 0.6 is 21.8 Å². The Kier molecular flexibility index (Phi) is 5.92. The molecule has 0 amide bonds. The van der Waals surface area contributed by atoms with Crippen molar-refractivity contribution in [3.05, 3.63) is 33.3 Å². The first kappa shape index (κ1) is 17.8. The van der Waals surface area contributed by atoms with Gasteiger partial charge in [0.2, 0.25) is 5.52 Å². The molecule has 8 heteroatoms. The van der Waals surface area contributed by atoms with Gasteiger partial charge in [0.25, 0.3) is 10.7 Å². The van der Waals surface area contributed by atoms with Crippen LogP contribution in [-0.4, -0.2) is 39.9 Å². The predicted molar refractivity (Wildman–Crippen MR) is 89.4 cm³/mol. The van der Waals surface area contributed by atoms with E-state index in [0.29, 0.717) is 10.5 Å². The highest BCUT2D eigenvalue weighted by Crippen LogP contribution is 2.27. The number of aromatic nitrogens is 1.